The first kappa shape index (κ1) is 10.4. The third-order valence-corrected chi connectivity index (χ3v) is 3.11. The molecule has 2 rings (SSSR count). The van der Waals surface area contributed by atoms with Crippen LogP contribution in [0.15, 0.2) is 18.3 Å². The molecule has 0 saturated heterocycles. The van der Waals surface area contributed by atoms with E-state index in [-0.39, 0.29) is 6.54 Å². The Kier molecular flexibility index (Phi) is 2.63. The second-order valence-corrected chi connectivity index (χ2v) is 4.31. The highest BCUT2D eigenvalue weighted by molar-refractivity contribution is 5.39. The molecule has 1 aromatic rings. The molecule has 1 fully saturated rings. The first-order valence-electron chi connectivity index (χ1n) is 5.27. The van der Waals surface area contributed by atoms with Gasteiger partial charge in [-0.25, -0.2) is 4.98 Å². The first-order chi connectivity index (χ1) is 7.15. The van der Waals surface area contributed by atoms with Gasteiger partial charge in [0.05, 0.1) is 5.60 Å². The number of hydrogen-bond donors (Lipinski definition) is 3. The lowest BCUT2D eigenvalue weighted by atomic mass is 9.90. The second-order valence-electron chi connectivity index (χ2n) is 4.31. The van der Waals surface area contributed by atoms with Crippen LogP contribution in [0.5, 0.6) is 0 Å². The van der Waals surface area contributed by atoms with Gasteiger partial charge in [-0.15, -0.1) is 0 Å². The van der Waals surface area contributed by atoms with Crippen molar-refractivity contribution in [2.24, 2.45) is 11.7 Å². The Balaban J connectivity index is 2.16. The molecule has 0 aliphatic heterocycles. The van der Waals surface area contributed by atoms with E-state index >= 15 is 0 Å². The van der Waals surface area contributed by atoms with Gasteiger partial charge in [0.1, 0.15) is 5.82 Å². The van der Waals surface area contributed by atoms with E-state index in [9.17, 15) is 5.11 Å². The van der Waals surface area contributed by atoms with Crippen molar-refractivity contribution in [3.63, 3.8) is 0 Å². The molecule has 1 heterocycles. The average Bonchev–Trinajstić information content (AvgIpc) is 3.05. The molecule has 1 aliphatic rings. The number of anilines is 1. The Morgan fingerprint density at radius 1 is 1.53 bits per heavy atom. The van der Waals surface area contributed by atoms with E-state index in [2.05, 4.69) is 4.98 Å². The molecule has 1 atom stereocenters. The summed E-state index contributed by atoms with van der Waals surface area (Å²) in [5.74, 6) is 0.826. The molecule has 15 heavy (non-hydrogen) atoms. The predicted octanol–water partition coefficient (Wildman–Crippen LogP) is 0.306. The van der Waals surface area contributed by atoms with Crippen LogP contribution < -0.4 is 11.5 Å². The maximum atomic E-state index is 10.3. The van der Waals surface area contributed by atoms with E-state index in [1.807, 2.05) is 12.1 Å². The van der Waals surface area contributed by atoms with E-state index in [4.69, 9.17) is 11.5 Å². The van der Waals surface area contributed by atoms with Crippen molar-refractivity contribution in [2.45, 2.75) is 24.9 Å². The fourth-order valence-corrected chi connectivity index (χ4v) is 1.93. The minimum absolute atomic E-state index is 0.284. The second kappa shape index (κ2) is 3.79. The monoisotopic (exact) mass is 207 g/mol. The van der Waals surface area contributed by atoms with Gasteiger partial charge in [-0.1, -0.05) is 6.07 Å². The summed E-state index contributed by atoms with van der Waals surface area (Å²) < 4.78 is 0. The Bertz CT molecular complexity index is 351. The fraction of sp³-hybridized carbons (Fsp3) is 0.545. The van der Waals surface area contributed by atoms with E-state index in [0.29, 0.717) is 18.2 Å². The van der Waals surface area contributed by atoms with Gasteiger partial charge in [-0.3, -0.25) is 0 Å². The number of hydrogen-bond acceptors (Lipinski definition) is 4. The molecule has 0 amide bonds. The van der Waals surface area contributed by atoms with Crippen LogP contribution in [-0.2, 0) is 6.42 Å². The molecule has 0 aromatic carbocycles. The number of pyridine rings is 1. The van der Waals surface area contributed by atoms with Crippen LogP contribution >= 0.6 is 0 Å². The largest absolute Gasteiger partial charge is 0.388 e. The Morgan fingerprint density at radius 3 is 2.80 bits per heavy atom. The van der Waals surface area contributed by atoms with E-state index in [0.717, 1.165) is 18.4 Å². The summed E-state index contributed by atoms with van der Waals surface area (Å²) in [4.78, 5) is 4.00. The maximum absolute atomic E-state index is 10.3. The van der Waals surface area contributed by atoms with Crippen molar-refractivity contribution in [2.75, 3.05) is 12.3 Å². The van der Waals surface area contributed by atoms with Gasteiger partial charge in [0.25, 0.3) is 0 Å². The minimum Gasteiger partial charge on any atom is -0.388 e. The van der Waals surface area contributed by atoms with Crippen molar-refractivity contribution in [1.29, 1.82) is 0 Å². The van der Waals surface area contributed by atoms with Gasteiger partial charge >= 0.3 is 0 Å². The van der Waals surface area contributed by atoms with Crippen molar-refractivity contribution < 1.29 is 5.11 Å². The molecule has 1 saturated carbocycles. The lowest BCUT2D eigenvalue weighted by Crippen LogP contribution is -2.42. The van der Waals surface area contributed by atoms with Gasteiger partial charge in [-0.2, -0.15) is 0 Å². The highest BCUT2D eigenvalue weighted by Crippen LogP contribution is 2.41. The van der Waals surface area contributed by atoms with Crippen LogP contribution in [-0.4, -0.2) is 22.2 Å². The van der Waals surface area contributed by atoms with Crippen LogP contribution in [0, 0.1) is 5.92 Å². The van der Waals surface area contributed by atoms with E-state index < -0.39 is 5.60 Å². The number of aromatic nitrogens is 1. The van der Waals surface area contributed by atoms with Crippen LogP contribution in [0.1, 0.15) is 18.4 Å². The summed E-state index contributed by atoms with van der Waals surface area (Å²) in [7, 11) is 0. The molecule has 82 valence electrons. The number of nitrogens with zero attached hydrogens (tertiary/aromatic N) is 1. The van der Waals surface area contributed by atoms with Crippen LogP contribution in [0.2, 0.25) is 0 Å². The predicted molar refractivity (Wildman–Crippen MR) is 59.1 cm³/mol. The van der Waals surface area contributed by atoms with Crippen molar-refractivity contribution in [3.8, 4) is 0 Å². The van der Waals surface area contributed by atoms with Crippen LogP contribution in [0.4, 0.5) is 5.82 Å². The summed E-state index contributed by atoms with van der Waals surface area (Å²) in [5.41, 5.74) is 11.5. The molecule has 0 spiro atoms. The van der Waals surface area contributed by atoms with Gasteiger partial charge < -0.3 is 16.6 Å². The SMILES string of the molecule is NCC(O)(Cc1cccnc1N)C1CC1. The molecule has 4 nitrogen and oxygen atoms in total. The van der Waals surface area contributed by atoms with Crippen molar-refractivity contribution in [3.05, 3.63) is 23.9 Å². The maximum Gasteiger partial charge on any atom is 0.126 e. The molecule has 4 heteroatoms. The van der Waals surface area contributed by atoms with Gasteiger partial charge in [0.15, 0.2) is 0 Å². The molecular weight excluding hydrogens is 190 g/mol. The molecule has 1 aliphatic carbocycles. The van der Waals surface area contributed by atoms with Crippen LogP contribution in [0.3, 0.4) is 0 Å². The normalized spacial score (nSPS) is 19.9. The van der Waals surface area contributed by atoms with Crippen molar-refractivity contribution in [1.82, 2.24) is 4.98 Å². The van der Waals surface area contributed by atoms with Crippen molar-refractivity contribution >= 4 is 5.82 Å². The zero-order valence-corrected chi connectivity index (χ0v) is 8.69. The number of aliphatic hydroxyl groups is 1. The Hall–Kier alpha value is -1.13. The smallest absolute Gasteiger partial charge is 0.126 e. The lowest BCUT2D eigenvalue weighted by molar-refractivity contribution is 0.0268. The fourth-order valence-electron chi connectivity index (χ4n) is 1.93. The quantitative estimate of drug-likeness (QED) is 0.663. The lowest BCUT2D eigenvalue weighted by Gasteiger charge is -2.26. The molecular formula is C11H17N3O. The molecule has 0 bridgehead atoms. The summed E-state index contributed by atoms with van der Waals surface area (Å²) >= 11 is 0. The topological polar surface area (TPSA) is 85.2 Å². The highest BCUT2D eigenvalue weighted by Gasteiger charge is 2.42. The Labute approximate surface area is 89.3 Å². The molecule has 1 aromatic heterocycles. The number of nitrogens with two attached hydrogens (primary N) is 2. The van der Waals surface area contributed by atoms with Gasteiger partial charge in [0.2, 0.25) is 0 Å². The number of nitrogen functional groups attached to an aromatic ring is 1. The summed E-state index contributed by atoms with van der Waals surface area (Å²) in [6.45, 7) is 0.284. The standard InChI is InChI=1S/C11H17N3O/c12-7-11(15,9-3-4-9)6-8-2-1-5-14-10(8)13/h1-2,5,9,15H,3-4,6-7,12H2,(H2,13,14). The zero-order valence-electron chi connectivity index (χ0n) is 8.69. The number of rotatable bonds is 4. The first-order valence-corrected chi connectivity index (χ1v) is 5.27. The molecule has 0 radical (unpaired) electrons. The van der Waals surface area contributed by atoms with Gasteiger partial charge in [0, 0.05) is 19.2 Å². The minimum atomic E-state index is -0.794. The van der Waals surface area contributed by atoms with E-state index in [1.54, 1.807) is 6.20 Å². The molecule has 5 N–H and O–H groups in total. The third-order valence-electron chi connectivity index (χ3n) is 3.11. The average molecular weight is 207 g/mol. The summed E-state index contributed by atoms with van der Waals surface area (Å²) in [6.07, 6.45) is 4.28. The van der Waals surface area contributed by atoms with E-state index in [1.165, 1.54) is 0 Å². The zero-order chi connectivity index (χ0) is 10.9. The van der Waals surface area contributed by atoms with Gasteiger partial charge in [-0.05, 0) is 30.4 Å². The third kappa shape index (κ3) is 2.11. The molecule has 1 unspecified atom stereocenters. The summed E-state index contributed by atoms with van der Waals surface area (Å²) in [6, 6.07) is 3.72. The van der Waals surface area contributed by atoms with Crippen LogP contribution in [0.25, 0.3) is 0 Å². The summed E-state index contributed by atoms with van der Waals surface area (Å²) in [5, 5.41) is 10.3. The highest BCUT2D eigenvalue weighted by atomic mass is 16.3. The Morgan fingerprint density at radius 2 is 2.27 bits per heavy atom.